The van der Waals surface area contributed by atoms with Crippen molar-refractivity contribution in [2.24, 2.45) is 0 Å². The average molecular weight is 239 g/mol. The lowest BCUT2D eigenvalue weighted by atomic mass is 10.3. The highest BCUT2D eigenvalue weighted by molar-refractivity contribution is 5.53. The number of nitrogens with two attached hydrogens (primary N) is 1. The van der Waals surface area contributed by atoms with E-state index < -0.39 is 0 Å². The average Bonchev–Trinajstić information content (AvgIpc) is 2.28. The minimum absolute atomic E-state index is 0.510. The molecule has 0 spiro atoms. The number of nitrogen functional groups attached to an aromatic ring is 1. The molecule has 6 heteroatoms. The Hall–Kier alpha value is -1.40. The number of anilines is 2. The maximum atomic E-state index is 5.68. The van der Waals surface area contributed by atoms with Gasteiger partial charge in [0.15, 0.2) is 0 Å². The van der Waals surface area contributed by atoms with Gasteiger partial charge < -0.3 is 20.7 Å². The molecule has 0 bridgehead atoms. The van der Waals surface area contributed by atoms with E-state index in [0.717, 1.165) is 24.5 Å². The standard InChI is InChI=1S/C11H21N5O/c1-9-10(12)14-8-15-11(9)13-4-6-17-7-5-16(2)3/h8H,4-7H2,1-3H3,(H3,12,13,14,15). The van der Waals surface area contributed by atoms with E-state index in [1.165, 1.54) is 6.33 Å². The van der Waals surface area contributed by atoms with Gasteiger partial charge in [-0.1, -0.05) is 0 Å². The smallest absolute Gasteiger partial charge is 0.134 e. The van der Waals surface area contributed by atoms with Crippen LogP contribution in [0.2, 0.25) is 0 Å². The quantitative estimate of drug-likeness (QED) is 0.669. The maximum absolute atomic E-state index is 5.68. The van der Waals surface area contributed by atoms with Gasteiger partial charge in [0.05, 0.1) is 13.2 Å². The van der Waals surface area contributed by atoms with E-state index in [1.54, 1.807) is 0 Å². The van der Waals surface area contributed by atoms with Gasteiger partial charge in [0.25, 0.3) is 0 Å². The second kappa shape index (κ2) is 7.03. The monoisotopic (exact) mass is 239 g/mol. The molecular weight excluding hydrogens is 218 g/mol. The molecule has 0 aliphatic rings. The van der Waals surface area contributed by atoms with Crippen molar-refractivity contribution in [2.75, 3.05) is 51.4 Å². The van der Waals surface area contributed by atoms with Crippen LogP contribution in [0.25, 0.3) is 0 Å². The van der Waals surface area contributed by atoms with Gasteiger partial charge in [-0.2, -0.15) is 0 Å². The van der Waals surface area contributed by atoms with E-state index in [-0.39, 0.29) is 0 Å². The van der Waals surface area contributed by atoms with Crippen LogP contribution >= 0.6 is 0 Å². The lowest BCUT2D eigenvalue weighted by Crippen LogP contribution is -2.20. The topological polar surface area (TPSA) is 76.3 Å². The molecule has 1 heterocycles. The molecule has 96 valence electrons. The summed E-state index contributed by atoms with van der Waals surface area (Å²) in [4.78, 5) is 10.1. The molecule has 0 aliphatic heterocycles. The predicted octanol–water partition coefficient (Wildman–Crippen LogP) is 0.357. The van der Waals surface area contributed by atoms with Crippen molar-refractivity contribution in [3.05, 3.63) is 11.9 Å². The molecule has 6 nitrogen and oxygen atoms in total. The third-order valence-electron chi connectivity index (χ3n) is 2.34. The zero-order chi connectivity index (χ0) is 12.7. The van der Waals surface area contributed by atoms with Gasteiger partial charge in [0.2, 0.25) is 0 Å². The first-order valence-corrected chi connectivity index (χ1v) is 5.64. The molecule has 1 aromatic heterocycles. The SMILES string of the molecule is Cc1c(N)ncnc1NCCOCCN(C)C. The highest BCUT2D eigenvalue weighted by Crippen LogP contribution is 2.14. The third-order valence-corrected chi connectivity index (χ3v) is 2.34. The summed E-state index contributed by atoms with van der Waals surface area (Å²) in [5, 5.41) is 3.17. The summed E-state index contributed by atoms with van der Waals surface area (Å²) < 4.78 is 5.46. The van der Waals surface area contributed by atoms with Gasteiger partial charge in [-0.25, -0.2) is 9.97 Å². The van der Waals surface area contributed by atoms with Crippen molar-refractivity contribution in [1.29, 1.82) is 0 Å². The molecule has 0 fully saturated rings. The number of likely N-dealkylation sites (N-methyl/N-ethyl adjacent to an activating group) is 1. The first-order chi connectivity index (χ1) is 8.11. The lowest BCUT2D eigenvalue weighted by molar-refractivity contribution is 0.126. The van der Waals surface area contributed by atoms with Crippen LogP contribution in [0.3, 0.4) is 0 Å². The van der Waals surface area contributed by atoms with E-state index in [0.29, 0.717) is 19.0 Å². The fraction of sp³-hybridized carbons (Fsp3) is 0.636. The van der Waals surface area contributed by atoms with Crippen molar-refractivity contribution >= 4 is 11.6 Å². The van der Waals surface area contributed by atoms with Gasteiger partial charge in [0, 0.05) is 18.7 Å². The number of hydrogen-bond acceptors (Lipinski definition) is 6. The van der Waals surface area contributed by atoms with Crippen molar-refractivity contribution in [1.82, 2.24) is 14.9 Å². The second-order valence-electron chi connectivity index (χ2n) is 4.07. The zero-order valence-electron chi connectivity index (χ0n) is 10.7. The van der Waals surface area contributed by atoms with Gasteiger partial charge in [-0.3, -0.25) is 0 Å². The molecular formula is C11H21N5O. The normalized spacial score (nSPS) is 10.8. The molecule has 1 aromatic rings. The largest absolute Gasteiger partial charge is 0.383 e. The fourth-order valence-corrected chi connectivity index (χ4v) is 1.23. The van der Waals surface area contributed by atoms with Gasteiger partial charge >= 0.3 is 0 Å². The Morgan fingerprint density at radius 1 is 1.35 bits per heavy atom. The highest BCUT2D eigenvalue weighted by atomic mass is 16.5. The van der Waals surface area contributed by atoms with Crippen molar-refractivity contribution < 1.29 is 4.74 Å². The summed E-state index contributed by atoms with van der Waals surface area (Å²) >= 11 is 0. The van der Waals surface area contributed by atoms with Crippen LogP contribution in [0, 0.1) is 6.92 Å². The summed E-state index contributed by atoms with van der Waals surface area (Å²) in [5.41, 5.74) is 6.55. The number of nitrogens with zero attached hydrogens (tertiary/aromatic N) is 3. The molecule has 0 radical (unpaired) electrons. The Balaban J connectivity index is 2.20. The molecule has 0 unspecified atom stereocenters. The van der Waals surface area contributed by atoms with Crippen molar-refractivity contribution in [3.8, 4) is 0 Å². The van der Waals surface area contributed by atoms with Crippen molar-refractivity contribution in [3.63, 3.8) is 0 Å². The van der Waals surface area contributed by atoms with Crippen LogP contribution in [0.1, 0.15) is 5.56 Å². The number of ether oxygens (including phenoxy) is 1. The summed E-state index contributed by atoms with van der Waals surface area (Å²) in [5.74, 6) is 1.28. The Morgan fingerprint density at radius 3 is 2.82 bits per heavy atom. The van der Waals surface area contributed by atoms with Crippen LogP contribution in [-0.2, 0) is 4.74 Å². The highest BCUT2D eigenvalue weighted by Gasteiger charge is 2.02. The van der Waals surface area contributed by atoms with Crippen LogP contribution in [-0.4, -0.2) is 55.3 Å². The molecule has 0 aromatic carbocycles. The number of rotatable bonds is 7. The Bertz CT molecular complexity index is 343. The Kier molecular flexibility index (Phi) is 5.65. The predicted molar refractivity (Wildman–Crippen MR) is 69.0 cm³/mol. The zero-order valence-corrected chi connectivity index (χ0v) is 10.7. The van der Waals surface area contributed by atoms with E-state index in [1.807, 2.05) is 21.0 Å². The fourth-order valence-electron chi connectivity index (χ4n) is 1.23. The van der Waals surface area contributed by atoms with Gasteiger partial charge in [-0.15, -0.1) is 0 Å². The van der Waals surface area contributed by atoms with E-state index in [9.17, 15) is 0 Å². The molecule has 1 rings (SSSR count). The van der Waals surface area contributed by atoms with Crippen LogP contribution in [0.15, 0.2) is 6.33 Å². The van der Waals surface area contributed by atoms with E-state index in [4.69, 9.17) is 10.5 Å². The minimum atomic E-state index is 0.510. The van der Waals surface area contributed by atoms with Crippen LogP contribution < -0.4 is 11.1 Å². The van der Waals surface area contributed by atoms with E-state index in [2.05, 4.69) is 20.2 Å². The first kappa shape index (κ1) is 13.7. The number of nitrogens with one attached hydrogen (secondary N) is 1. The van der Waals surface area contributed by atoms with Crippen molar-refractivity contribution in [2.45, 2.75) is 6.92 Å². The maximum Gasteiger partial charge on any atom is 0.134 e. The first-order valence-electron chi connectivity index (χ1n) is 5.64. The molecule has 0 aliphatic carbocycles. The lowest BCUT2D eigenvalue weighted by Gasteiger charge is -2.11. The molecule has 0 saturated heterocycles. The number of aromatic nitrogens is 2. The second-order valence-corrected chi connectivity index (χ2v) is 4.07. The van der Waals surface area contributed by atoms with E-state index >= 15 is 0 Å². The summed E-state index contributed by atoms with van der Waals surface area (Å²) in [6.45, 7) is 4.92. The molecule has 3 N–H and O–H groups in total. The summed E-state index contributed by atoms with van der Waals surface area (Å²) in [7, 11) is 4.04. The number of hydrogen-bond donors (Lipinski definition) is 2. The summed E-state index contributed by atoms with van der Waals surface area (Å²) in [6.07, 6.45) is 1.46. The van der Waals surface area contributed by atoms with Gasteiger partial charge in [-0.05, 0) is 21.0 Å². The van der Waals surface area contributed by atoms with Crippen LogP contribution in [0.5, 0.6) is 0 Å². The Morgan fingerprint density at radius 2 is 2.12 bits per heavy atom. The minimum Gasteiger partial charge on any atom is -0.383 e. The molecule has 0 amide bonds. The van der Waals surface area contributed by atoms with Gasteiger partial charge in [0.1, 0.15) is 18.0 Å². The summed E-state index contributed by atoms with van der Waals surface area (Å²) in [6, 6.07) is 0. The molecule has 0 saturated carbocycles. The molecule has 0 atom stereocenters. The molecule has 17 heavy (non-hydrogen) atoms. The third kappa shape index (κ3) is 4.97. The van der Waals surface area contributed by atoms with Crippen LogP contribution in [0.4, 0.5) is 11.6 Å². The Labute approximate surface area is 102 Å².